The lowest BCUT2D eigenvalue weighted by atomic mass is 10.1. The summed E-state index contributed by atoms with van der Waals surface area (Å²) < 4.78 is 43.9. The first-order valence-corrected chi connectivity index (χ1v) is 7.69. The number of amides is 1. The zero-order valence-corrected chi connectivity index (χ0v) is 12.4. The van der Waals surface area contributed by atoms with E-state index in [2.05, 4.69) is 4.98 Å². The van der Waals surface area contributed by atoms with Gasteiger partial charge in [0.2, 0.25) is 5.91 Å². The van der Waals surface area contributed by atoms with E-state index >= 15 is 0 Å². The summed E-state index contributed by atoms with van der Waals surface area (Å²) in [7, 11) is -2.71. The van der Waals surface area contributed by atoms with Gasteiger partial charge in [0.25, 0.3) is 10.0 Å². The van der Waals surface area contributed by atoms with Crippen LogP contribution in [0.5, 0.6) is 5.75 Å². The smallest absolute Gasteiger partial charge is 0.265 e. The van der Waals surface area contributed by atoms with E-state index in [1.807, 2.05) is 4.72 Å². The standard InChI is InChI=1S/C14H13FN2O4S/c1-21-13-5-3-2-4-10(13)6-14(18)17-22(19,20)12-7-11(15)8-16-9-12/h2-5,7-9H,6H2,1H3,(H,17,18). The fourth-order valence-corrected chi connectivity index (χ4v) is 2.76. The van der Waals surface area contributed by atoms with Crippen LogP contribution < -0.4 is 9.46 Å². The average molecular weight is 324 g/mol. The Labute approximate surface area is 127 Å². The summed E-state index contributed by atoms with van der Waals surface area (Å²) in [6.07, 6.45) is 1.64. The van der Waals surface area contributed by atoms with Crippen LogP contribution in [0.15, 0.2) is 47.6 Å². The highest BCUT2D eigenvalue weighted by atomic mass is 32.2. The molecule has 0 bridgehead atoms. The molecular weight excluding hydrogens is 311 g/mol. The lowest BCUT2D eigenvalue weighted by Crippen LogP contribution is -2.32. The molecule has 0 aliphatic rings. The van der Waals surface area contributed by atoms with Crippen molar-refractivity contribution in [3.05, 3.63) is 54.1 Å². The van der Waals surface area contributed by atoms with Crippen molar-refractivity contribution in [3.8, 4) is 5.75 Å². The summed E-state index contributed by atoms with van der Waals surface area (Å²) in [5.41, 5.74) is 0.537. The number of ether oxygens (including phenoxy) is 1. The molecule has 0 aliphatic carbocycles. The van der Waals surface area contributed by atoms with Crippen LogP contribution in [0.1, 0.15) is 5.56 Å². The van der Waals surface area contributed by atoms with E-state index in [1.165, 1.54) is 7.11 Å². The predicted molar refractivity (Wildman–Crippen MR) is 76.2 cm³/mol. The monoisotopic (exact) mass is 324 g/mol. The fraction of sp³-hybridized carbons (Fsp3) is 0.143. The first-order chi connectivity index (χ1) is 10.4. The molecule has 2 rings (SSSR count). The summed E-state index contributed by atoms with van der Waals surface area (Å²) in [6, 6.07) is 7.53. The van der Waals surface area contributed by atoms with Crippen molar-refractivity contribution in [2.45, 2.75) is 11.3 Å². The van der Waals surface area contributed by atoms with E-state index in [0.717, 1.165) is 18.5 Å². The molecule has 1 aromatic heterocycles. The van der Waals surface area contributed by atoms with Gasteiger partial charge in [0.1, 0.15) is 16.5 Å². The molecule has 1 aromatic carbocycles. The number of nitrogens with one attached hydrogen (secondary N) is 1. The molecule has 0 atom stereocenters. The third-order valence-corrected chi connectivity index (χ3v) is 4.12. The van der Waals surface area contributed by atoms with E-state index in [1.54, 1.807) is 24.3 Å². The molecule has 1 N–H and O–H groups in total. The number of halogens is 1. The maximum Gasteiger partial charge on any atom is 0.265 e. The van der Waals surface area contributed by atoms with Crippen LogP contribution in [0, 0.1) is 5.82 Å². The molecule has 0 radical (unpaired) electrons. The molecular formula is C14H13FN2O4S. The van der Waals surface area contributed by atoms with Gasteiger partial charge in [0.05, 0.1) is 19.7 Å². The van der Waals surface area contributed by atoms with Crippen LogP contribution in [0.4, 0.5) is 4.39 Å². The second-order valence-electron chi connectivity index (χ2n) is 4.36. The summed E-state index contributed by atoms with van der Waals surface area (Å²) in [5.74, 6) is -1.09. The van der Waals surface area contributed by atoms with Gasteiger partial charge in [-0.1, -0.05) is 18.2 Å². The number of nitrogens with zero attached hydrogens (tertiary/aromatic N) is 1. The summed E-state index contributed by atoms with van der Waals surface area (Å²) in [6.45, 7) is 0. The number of pyridine rings is 1. The highest BCUT2D eigenvalue weighted by molar-refractivity contribution is 7.90. The van der Waals surface area contributed by atoms with Crippen molar-refractivity contribution in [2.24, 2.45) is 0 Å². The number of hydrogen-bond donors (Lipinski definition) is 1. The van der Waals surface area contributed by atoms with Crippen molar-refractivity contribution < 1.29 is 22.3 Å². The van der Waals surface area contributed by atoms with Crippen LogP contribution in [0.25, 0.3) is 0 Å². The molecule has 0 aliphatic heterocycles. The molecule has 22 heavy (non-hydrogen) atoms. The van der Waals surface area contributed by atoms with Crippen LogP contribution in [-0.4, -0.2) is 26.4 Å². The van der Waals surface area contributed by atoms with Gasteiger partial charge in [0.15, 0.2) is 0 Å². The van der Waals surface area contributed by atoms with Crippen molar-refractivity contribution in [1.82, 2.24) is 9.71 Å². The lowest BCUT2D eigenvalue weighted by Gasteiger charge is -2.09. The number of para-hydroxylation sites is 1. The normalized spacial score (nSPS) is 11.0. The minimum Gasteiger partial charge on any atom is -0.496 e. The van der Waals surface area contributed by atoms with Crippen LogP contribution in [-0.2, 0) is 21.2 Å². The second-order valence-corrected chi connectivity index (χ2v) is 6.04. The number of aromatic nitrogens is 1. The minimum atomic E-state index is -4.16. The molecule has 1 heterocycles. The molecule has 0 unspecified atom stereocenters. The van der Waals surface area contributed by atoms with Crippen LogP contribution in [0.2, 0.25) is 0 Å². The van der Waals surface area contributed by atoms with Gasteiger partial charge in [-0.25, -0.2) is 17.5 Å². The zero-order chi connectivity index (χ0) is 16.2. The second kappa shape index (κ2) is 6.52. The van der Waals surface area contributed by atoms with Gasteiger partial charge < -0.3 is 4.74 Å². The molecule has 1 amide bonds. The first kappa shape index (κ1) is 15.9. The number of methoxy groups -OCH3 is 1. The number of rotatable bonds is 5. The first-order valence-electron chi connectivity index (χ1n) is 6.20. The molecule has 0 saturated carbocycles. The quantitative estimate of drug-likeness (QED) is 0.895. The summed E-state index contributed by atoms with van der Waals surface area (Å²) in [5, 5.41) is 0. The molecule has 2 aromatic rings. The fourth-order valence-electron chi connectivity index (χ4n) is 1.81. The predicted octanol–water partition coefficient (Wildman–Crippen LogP) is 1.28. The van der Waals surface area contributed by atoms with Gasteiger partial charge in [-0.3, -0.25) is 9.78 Å². The molecule has 8 heteroatoms. The SMILES string of the molecule is COc1ccccc1CC(=O)NS(=O)(=O)c1cncc(F)c1. The van der Waals surface area contributed by atoms with Gasteiger partial charge in [-0.05, 0) is 12.1 Å². The number of sulfonamides is 1. The Morgan fingerprint density at radius 1 is 1.32 bits per heavy atom. The Morgan fingerprint density at radius 2 is 2.05 bits per heavy atom. The minimum absolute atomic E-state index is 0.189. The highest BCUT2D eigenvalue weighted by Gasteiger charge is 2.19. The summed E-state index contributed by atoms with van der Waals surface area (Å²) in [4.78, 5) is 14.9. The van der Waals surface area contributed by atoms with Crippen LogP contribution >= 0.6 is 0 Å². The van der Waals surface area contributed by atoms with Crippen molar-refractivity contribution in [3.63, 3.8) is 0 Å². The van der Waals surface area contributed by atoms with E-state index in [-0.39, 0.29) is 6.42 Å². The maximum absolute atomic E-state index is 13.0. The number of carbonyl (C=O) groups is 1. The Bertz CT molecular complexity index is 793. The Balaban J connectivity index is 2.15. The maximum atomic E-state index is 13.0. The van der Waals surface area contributed by atoms with E-state index < -0.39 is 26.6 Å². The van der Waals surface area contributed by atoms with Crippen LogP contribution in [0.3, 0.4) is 0 Å². The zero-order valence-electron chi connectivity index (χ0n) is 11.6. The summed E-state index contributed by atoms with van der Waals surface area (Å²) >= 11 is 0. The number of carbonyl (C=O) groups excluding carboxylic acids is 1. The third-order valence-electron chi connectivity index (χ3n) is 2.78. The van der Waals surface area contributed by atoms with Crippen molar-refractivity contribution in [1.29, 1.82) is 0 Å². The molecule has 116 valence electrons. The van der Waals surface area contributed by atoms with Crippen molar-refractivity contribution in [2.75, 3.05) is 7.11 Å². The molecule has 0 fully saturated rings. The topological polar surface area (TPSA) is 85.4 Å². The van der Waals surface area contributed by atoms with Gasteiger partial charge in [0, 0.05) is 11.8 Å². The number of hydrogen-bond acceptors (Lipinski definition) is 5. The molecule has 6 nitrogen and oxygen atoms in total. The Hall–Kier alpha value is -2.48. The van der Waals surface area contributed by atoms with E-state index in [4.69, 9.17) is 4.74 Å². The van der Waals surface area contributed by atoms with Crippen molar-refractivity contribution >= 4 is 15.9 Å². The lowest BCUT2D eigenvalue weighted by molar-refractivity contribution is -0.118. The average Bonchev–Trinajstić information content (AvgIpc) is 2.47. The van der Waals surface area contributed by atoms with Gasteiger partial charge >= 0.3 is 0 Å². The highest BCUT2D eigenvalue weighted by Crippen LogP contribution is 2.18. The van der Waals surface area contributed by atoms with E-state index in [9.17, 15) is 17.6 Å². The third kappa shape index (κ3) is 3.79. The Kier molecular flexibility index (Phi) is 4.71. The van der Waals surface area contributed by atoms with Gasteiger partial charge in [-0.2, -0.15) is 0 Å². The van der Waals surface area contributed by atoms with E-state index in [0.29, 0.717) is 11.3 Å². The molecule has 0 saturated heterocycles. The molecule has 0 spiro atoms. The largest absolute Gasteiger partial charge is 0.496 e. The number of benzene rings is 1. The Morgan fingerprint density at radius 3 is 2.73 bits per heavy atom. The van der Waals surface area contributed by atoms with Gasteiger partial charge in [-0.15, -0.1) is 0 Å².